The standard InChI is InChI=1S/C18H16Cl2N2O3/c19-14-5-3-6-15(20)17(14)22-16-7-2-1-4-12(16)13(18(22)25)9-21-8-11(24)10-23/h1-7,9,11,23-25H,8,10H2/t11-/m0/s1. The summed E-state index contributed by atoms with van der Waals surface area (Å²) in [6.07, 6.45) is 0.530. The number of aliphatic hydroxyl groups is 2. The van der Waals surface area contributed by atoms with Crippen LogP contribution < -0.4 is 0 Å². The number of para-hydroxylation sites is 2. The first-order valence-corrected chi connectivity index (χ1v) is 8.35. The molecule has 0 amide bonds. The van der Waals surface area contributed by atoms with Crippen molar-refractivity contribution in [2.24, 2.45) is 4.99 Å². The molecule has 7 heteroatoms. The van der Waals surface area contributed by atoms with E-state index in [1.807, 2.05) is 24.3 Å². The van der Waals surface area contributed by atoms with Crippen molar-refractivity contribution in [3.63, 3.8) is 0 Å². The van der Waals surface area contributed by atoms with Gasteiger partial charge in [-0.1, -0.05) is 47.5 Å². The monoisotopic (exact) mass is 378 g/mol. The fraction of sp³-hybridized carbons (Fsp3) is 0.167. The van der Waals surface area contributed by atoms with Crippen molar-refractivity contribution in [2.45, 2.75) is 6.10 Å². The number of aromatic hydroxyl groups is 1. The van der Waals surface area contributed by atoms with E-state index in [4.69, 9.17) is 28.3 Å². The van der Waals surface area contributed by atoms with E-state index >= 15 is 0 Å². The summed E-state index contributed by atoms with van der Waals surface area (Å²) < 4.78 is 1.57. The fourth-order valence-corrected chi connectivity index (χ4v) is 3.20. The van der Waals surface area contributed by atoms with Crippen LogP contribution in [-0.4, -0.2) is 45.4 Å². The molecule has 0 aliphatic rings. The summed E-state index contributed by atoms with van der Waals surface area (Å²) >= 11 is 12.6. The number of rotatable bonds is 5. The van der Waals surface area contributed by atoms with Gasteiger partial charge in [-0.3, -0.25) is 9.56 Å². The van der Waals surface area contributed by atoms with Crippen LogP contribution in [0.15, 0.2) is 47.5 Å². The Morgan fingerprint density at radius 1 is 1.08 bits per heavy atom. The highest BCUT2D eigenvalue weighted by Gasteiger charge is 2.19. The molecule has 1 heterocycles. The van der Waals surface area contributed by atoms with E-state index in [0.29, 0.717) is 21.3 Å². The van der Waals surface area contributed by atoms with Crippen molar-refractivity contribution in [2.75, 3.05) is 13.2 Å². The Bertz CT molecular complexity index is 917. The maximum absolute atomic E-state index is 10.8. The van der Waals surface area contributed by atoms with Crippen LogP contribution >= 0.6 is 23.2 Å². The van der Waals surface area contributed by atoms with Crippen molar-refractivity contribution in [1.29, 1.82) is 0 Å². The summed E-state index contributed by atoms with van der Waals surface area (Å²) in [5.74, 6) is -0.0570. The molecule has 25 heavy (non-hydrogen) atoms. The number of aliphatic imine (C=N–C) groups is 1. The predicted molar refractivity (Wildman–Crippen MR) is 101 cm³/mol. The minimum absolute atomic E-state index is 0.0301. The lowest BCUT2D eigenvalue weighted by Gasteiger charge is -2.11. The molecule has 0 aliphatic carbocycles. The molecule has 0 radical (unpaired) electrons. The van der Waals surface area contributed by atoms with Crippen LogP contribution in [0.4, 0.5) is 0 Å². The van der Waals surface area contributed by atoms with E-state index in [0.717, 1.165) is 10.9 Å². The summed E-state index contributed by atoms with van der Waals surface area (Å²) in [5, 5.41) is 30.6. The Hall–Kier alpha value is -2.05. The number of aliphatic hydroxyl groups excluding tert-OH is 2. The molecule has 130 valence electrons. The number of aromatic nitrogens is 1. The van der Waals surface area contributed by atoms with Crippen molar-refractivity contribution >= 4 is 40.3 Å². The Morgan fingerprint density at radius 3 is 2.44 bits per heavy atom. The van der Waals surface area contributed by atoms with Gasteiger partial charge in [-0.15, -0.1) is 0 Å². The van der Waals surface area contributed by atoms with E-state index in [1.165, 1.54) is 6.21 Å². The Balaban J connectivity index is 2.20. The molecule has 0 spiro atoms. The van der Waals surface area contributed by atoms with Gasteiger partial charge in [0, 0.05) is 11.6 Å². The molecule has 2 aromatic carbocycles. The molecule has 0 saturated carbocycles. The molecular formula is C18H16Cl2N2O3. The van der Waals surface area contributed by atoms with Crippen LogP contribution in [0.25, 0.3) is 16.6 Å². The van der Waals surface area contributed by atoms with E-state index in [2.05, 4.69) is 4.99 Å². The number of benzene rings is 2. The van der Waals surface area contributed by atoms with Gasteiger partial charge >= 0.3 is 0 Å². The number of halogens is 2. The third-order valence-corrected chi connectivity index (χ3v) is 4.41. The Labute approximate surface area is 154 Å². The quantitative estimate of drug-likeness (QED) is 0.595. The normalized spacial score (nSPS) is 13.0. The molecule has 0 saturated heterocycles. The lowest BCUT2D eigenvalue weighted by Crippen LogP contribution is -2.15. The molecule has 3 rings (SSSR count). The number of hydrogen-bond donors (Lipinski definition) is 3. The van der Waals surface area contributed by atoms with Gasteiger partial charge in [0.05, 0.1) is 46.1 Å². The summed E-state index contributed by atoms with van der Waals surface area (Å²) in [4.78, 5) is 4.10. The van der Waals surface area contributed by atoms with E-state index in [-0.39, 0.29) is 19.0 Å². The molecule has 1 atom stereocenters. The van der Waals surface area contributed by atoms with Crippen molar-refractivity contribution in [3.8, 4) is 11.6 Å². The van der Waals surface area contributed by atoms with Crippen LogP contribution in [0.2, 0.25) is 10.0 Å². The highest BCUT2D eigenvalue weighted by molar-refractivity contribution is 6.38. The van der Waals surface area contributed by atoms with Gasteiger partial charge in [-0.25, -0.2) is 0 Å². The van der Waals surface area contributed by atoms with Crippen molar-refractivity contribution in [3.05, 3.63) is 58.1 Å². The van der Waals surface area contributed by atoms with Crippen molar-refractivity contribution in [1.82, 2.24) is 4.57 Å². The molecule has 1 aromatic heterocycles. The van der Waals surface area contributed by atoms with Gasteiger partial charge < -0.3 is 15.3 Å². The zero-order chi connectivity index (χ0) is 18.0. The average molecular weight is 379 g/mol. The van der Waals surface area contributed by atoms with Gasteiger partial charge in [0.2, 0.25) is 5.88 Å². The van der Waals surface area contributed by atoms with E-state index in [1.54, 1.807) is 22.8 Å². The summed E-state index contributed by atoms with van der Waals surface area (Å²) in [6.45, 7) is -0.345. The lowest BCUT2D eigenvalue weighted by atomic mass is 10.2. The van der Waals surface area contributed by atoms with Gasteiger partial charge in [-0.05, 0) is 18.2 Å². The first kappa shape index (κ1) is 17.8. The van der Waals surface area contributed by atoms with Gasteiger partial charge in [-0.2, -0.15) is 0 Å². The molecule has 0 aliphatic heterocycles. The highest BCUT2D eigenvalue weighted by Crippen LogP contribution is 2.38. The molecule has 0 fully saturated rings. The van der Waals surface area contributed by atoms with E-state index < -0.39 is 6.10 Å². The van der Waals surface area contributed by atoms with Crippen LogP contribution in [0.3, 0.4) is 0 Å². The van der Waals surface area contributed by atoms with Crippen molar-refractivity contribution < 1.29 is 15.3 Å². The molecule has 0 unspecified atom stereocenters. The van der Waals surface area contributed by atoms with Gasteiger partial charge in [0.15, 0.2) is 0 Å². The fourth-order valence-electron chi connectivity index (χ4n) is 2.63. The number of fused-ring (bicyclic) bond motifs is 1. The van der Waals surface area contributed by atoms with Crippen LogP contribution in [0.5, 0.6) is 5.88 Å². The average Bonchev–Trinajstić information content (AvgIpc) is 2.87. The van der Waals surface area contributed by atoms with Crippen LogP contribution in [0.1, 0.15) is 5.56 Å². The second-order valence-corrected chi connectivity index (χ2v) is 6.31. The minimum atomic E-state index is -0.940. The zero-order valence-corrected chi connectivity index (χ0v) is 14.6. The maximum atomic E-state index is 10.8. The first-order valence-electron chi connectivity index (χ1n) is 7.60. The SMILES string of the molecule is OC[C@@H](O)CN=Cc1c(O)n(-c2c(Cl)cccc2Cl)c2ccccc12. The maximum Gasteiger partial charge on any atom is 0.205 e. The second kappa shape index (κ2) is 7.45. The smallest absolute Gasteiger partial charge is 0.205 e. The molecule has 5 nitrogen and oxygen atoms in total. The number of nitrogens with zero attached hydrogens (tertiary/aromatic N) is 2. The summed E-state index contributed by atoms with van der Waals surface area (Å²) in [6, 6.07) is 12.5. The third kappa shape index (κ3) is 3.37. The second-order valence-electron chi connectivity index (χ2n) is 5.49. The Kier molecular flexibility index (Phi) is 5.30. The largest absolute Gasteiger partial charge is 0.494 e. The third-order valence-electron chi connectivity index (χ3n) is 3.80. The van der Waals surface area contributed by atoms with Crippen LogP contribution in [-0.2, 0) is 0 Å². The predicted octanol–water partition coefficient (Wildman–Crippen LogP) is 3.42. The molecule has 0 bridgehead atoms. The summed E-state index contributed by atoms with van der Waals surface area (Å²) in [5.41, 5.74) is 1.69. The van der Waals surface area contributed by atoms with Gasteiger partial charge in [0.25, 0.3) is 0 Å². The summed E-state index contributed by atoms with van der Waals surface area (Å²) in [7, 11) is 0. The minimum Gasteiger partial charge on any atom is -0.494 e. The lowest BCUT2D eigenvalue weighted by molar-refractivity contribution is 0.102. The highest BCUT2D eigenvalue weighted by atomic mass is 35.5. The molecule has 3 N–H and O–H groups in total. The Morgan fingerprint density at radius 2 is 1.76 bits per heavy atom. The van der Waals surface area contributed by atoms with E-state index in [9.17, 15) is 10.2 Å². The molecule has 3 aromatic rings. The number of hydrogen-bond acceptors (Lipinski definition) is 4. The first-order chi connectivity index (χ1) is 12.0. The zero-order valence-electron chi connectivity index (χ0n) is 13.1. The van der Waals surface area contributed by atoms with Gasteiger partial charge in [0.1, 0.15) is 0 Å². The molecular weight excluding hydrogens is 363 g/mol. The van der Waals surface area contributed by atoms with Crippen LogP contribution in [0, 0.1) is 0 Å². The topological polar surface area (TPSA) is 78.0 Å².